The molecule has 1 aliphatic heterocycles. The summed E-state index contributed by atoms with van der Waals surface area (Å²) in [5, 5.41) is 2.79. The summed E-state index contributed by atoms with van der Waals surface area (Å²) in [5.41, 5.74) is 8.53. The molecule has 0 bridgehead atoms. The van der Waals surface area contributed by atoms with Gasteiger partial charge in [-0.1, -0.05) is 31.2 Å². The molecule has 0 spiro atoms. The number of sulfonamides is 1. The Kier molecular flexibility index (Phi) is 6.24. The predicted octanol–water partition coefficient (Wildman–Crippen LogP) is 2.57. The van der Waals surface area contributed by atoms with Crippen LogP contribution in [-0.4, -0.2) is 54.7 Å². The molecule has 0 saturated carbocycles. The zero-order chi connectivity index (χ0) is 22.0. The molecule has 164 valence electrons. The van der Waals surface area contributed by atoms with E-state index in [1.54, 1.807) is 11.3 Å². The molecule has 10 heteroatoms. The quantitative estimate of drug-likeness (QED) is 0.580. The van der Waals surface area contributed by atoms with Crippen molar-refractivity contribution in [1.82, 2.24) is 14.2 Å². The molecule has 0 atom stereocenters. The van der Waals surface area contributed by atoms with E-state index >= 15 is 0 Å². The third kappa shape index (κ3) is 4.72. The third-order valence-electron chi connectivity index (χ3n) is 5.30. The van der Waals surface area contributed by atoms with Crippen LogP contribution in [0, 0.1) is 0 Å². The number of nitrogens with zero attached hydrogens (tertiary/aromatic N) is 3. The van der Waals surface area contributed by atoms with E-state index in [-0.39, 0.29) is 10.9 Å². The van der Waals surface area contributed by atoms with Crippen molar-refractivity contribution in [3.8, 4) is 10.6 Å². The molecule has 0 unspecified atom stereocenters. The first-order valence-electron chi connectivity index (χ1n) is 10.0. The number of carbonyl (C=O) groups is 1. The van der Waals surface area contributed by atoms with E-state index < -0.39 is 15.9 Å². The summed E-state index contributed by atoms with van der Waals surface area (Å²) < 4.78 is 32.0. The van der Waals surface area contributed by atoms with E-state index in [9.17, 15) is 13.2 Å². The second-order valence-electron chi connectivity index (χ2n) is 7.36. The number of carbonyl (C=O) groups excluding carboxylic acids is 1. The molecule has 1 amide bonds. The Morgan fingerprint density at radius 3 is 2.45 bits per heavy atom. The molecule has 8 nitrogen and oxygen atoms in total. The number of aryl methyl sites for hydroxylation is 1. The highest BCUT2D eigenvalue weighted by atomic mass is 32.2. The number of hydrogen-bond donors (Lipinski definition) is 1. The van der Waals surface area contributed by atoms with E-state index in [1.165, 1.54) is 22.0 Å². The maximum absolute atomic E-state index is 12.7. The highest BCUT2D eigenvalue weighted by Crippen LogP contribution is 2.25. The largest absolute Gasteiger partial charge is 0.438 e. The van der Waals surface area contributed by atoms with Gasteiger partial charge >= 0.3 is 0 Å². The Morgan fingerprint density at radius 2 is 1.84 bits per heavy atom. The van der Waals surface area contributed by atoms with Crippen LogP contribution in [0.2, 0.25) is 0 Å². The summed E-state index contributed by atoms with van der Waals surface area (Å²) in [6.45, 7) is 4.65. The van der Waals surface area contributed by atoms with Crippen molar-refractivity contribution < 1.29 is 17.6 Å². The standard InChI is InChI=1S/C21H24N4O4S2/c1-2-15-3-5-16(6-4-15)21-23-17(14-30-21)13-24-9-11-25(12-10-24)31(27,28)19-8-7-18(29-19)20(22)26/h3-8,14H,2,9-13H2,1H3,(H2,22,26). The number of amides is 1. The van der Waals surface area contributed by atoms with Crippen molar-refractivity contribution in [2.24, 2.45) is 5.73 Å². The van der Waals surface area contributed by atoms with Crippen LogP contribution in [0.5, 0.6) is 0 Å². The van der Waals surface area contributed by atoms with Crippen LogP contribution in [0.4, 0.5) is 0 Å². The summed E-state index contributed by atoms with van der Waals surface area (Å²) in [4.78, 5) is 18.1. The number of nitrogens with two attached hydrogens (primary N) is 1. The van der Waals surface area contributed by atoms with Crippen LogP contribution in [0.1, 0.15) is 28.7 Å². The number of rotatable bonds is 7. The molecular weight excluding hydrogens is 436 g/mol. The number of primary amides is 1. The zero-order valence-electron chi connectivity index (χ0n) is 17.2. The van der Waals surface area contributed by atoms with Gasteiger partial charge in [0.15, 0.2) is 5.76 Å². The number of hydrogen-bond acceptors (Lipinski definition) is 7. The van der Waals surface area contributed by atoms with Gasteiger partial charge in [0.1, 0.15) is 5.01 Å². The fourth-order valence-electron chi connectivity index (χ4n) is 3.47. The van der Waals surface area contributed by atoms with Crippen LogP contribution < -0.4 is 5.73 Å². The van der Waals surface area contributed by atoms with Crippen molar-refractivity contribution in [3.05, 3.63) is 58.8 Å². The Labute approximate surface area is 185 Å². The Morgan fingerprint density at radius 1 is 1.13 bits per heavy atom. The lowest BCUT2D eigenvalue weighted by Crippen LogP contribution is -2.48. The maximum atomic E-state index is 12.7. The summed E-state index contributed by atoms with van der Waals surface area (Å²) in [6.07, 6.45) is 1.01. The van der Waals surface area contributed by atoms with Gasteiger partial charge in [-0.25, -0.2) is 13.4 Å². The minimum absolute atomic E-state index is 0.166. The SMILES string of the molecule is CCc1ccc(-c2nc(CN3CCN(S(=O)(=O)c4ccc(C(N)=O)o4)CC3)cs2)cc1. The monoisotopic (exact) mass is 460 g/mol. The molecule has 1 saturated heterocycles. The normalized spacial score (nSPS) is 15.9. The van der Waals surface area contributed by atoms with Crippen LogP contribution >= 0.6 is 11.3 Å². The van der Waals surface area contributed by atoms with Gasteiger partial charge in [0.05, 0.1) is 5.69 Å². The summed E-state index contributed by atoms with van der Waals surface area (Å²) in [6, 6.07) is 11.0. The van der Waals surface area contributed by atoms with Gasteiger partial charge < -0.3 is 10.2 Å². The van der Waals surface area contributed by atoms with Gasteiger partial charge in [-0.05, 0) is 24.1 Å². The summed E-state index contributed by atoms with van der Waals surface area (Å²) >= 11 is 1.62. The van der Waals surface area contributed by atoms with Gasteiger partial charge in [0, 0.05) is 43.7 Å². The highest BCUT2D eigenvalue weighted by Gasteiger charge is 2.31. The molecule has 2 N–H and O–H groups in total. The fourth-order valence-corrected chi connectivity index (χ4v) is 5.62. The molecule has 31 heavy (non-hydrogen) atoms. The molecule has 1 aliphatic rings. The molecule has 4 rings (SSSR count). The van der Waals surface area contributed by atoms with E-state index in [0.717, 1.165) is 22.7 Å². The Bertz CT molecular complexity index is 1160. The lowest BCUT2D eigenvalue weighted by atomic mass is 10.1. The number of furan rings is 1. The second-order valence-corrected chi connectivity index (χ2v) is 10.1. The molecule has 0 radical (unpaired) electrons. The van der Waals surface area contributed by atoms with E-state index in [2.05, 4.69) is 41.5 Å². The summed E-state index contributed by atoms with van der Waals surface area (Å²) in [5.74, 6) is -0.962. The smallest absolute Gasteiger partial charge is 0.284 e. The number of piperazine rings is 1. The molecule has 0 aliphatic carbocycles. The number of aromatic nitrogens is 1. The van der Waals surface area contributed by atoms with Gasteiger partial charge in [-0.15, -0.1) is 11.3 Å². The fraction of sp³-hybridized carbons (Fsp3) is 0.333. The van der Waals surface area contributed by atoms with Crippen LogP contribution in [0.15, 0.2) is 51.3 Å². The average Bonchev–Trinajstić information content (AvgIpc) is 3.45. The highest BCUT2D eigenvalue weighted by molar-refractivity contribution is 7.89. The molecule has 1 fully saturated rings. The van der Waals surface area contributed by atoms with Gasteiger partial charge in [-0.2, -0.15) is 4.31 Å². The molecular formula is C21H24N4O4S2. The topological polar surface area (TPSA) is 110 Å². The average molecular weight is 461 g/mol. The van der Waals surface area contributed by atoms with Gasteiger partial charge in [0.25, 0.3) is 15.9 Å². The lowest BCUT2D eigenvalue weighted by molar-refractivity contribution is 0.0968. The third-order valence-corrected chi connectivity index (χ3v) is 8.01. The van der Waals surface area contributed by atoms with Crippen LogP contribution in [0.3, 0.4) is 0 Å². The molecule has 2 aromatic heterocycles. The molecule has 1 aromatic carbocycles. The van der Waals surface area contributed by atoms with Crippen LogP contribution in [0.25, 0.3) is 10.6 Å². The van der Waals surface area contributed by atoms with E-state index in [1.807, 2.05) is 0 Å². The Balaban J connectivity index is 1.36. The molecule has 3 heterocycles. The maximum Gasteiger partial charge on any atom is 0.284 e. The molecule has 3 aromatic rings. The zero-order valence-corrected chi connectivity index (χ0v) is 18.8. The van der Waals surface area contributed by atoms with Crippen molar-refractivity contribution >= 4 is 27.3 Å². The van der Waals surface area contributed by atoms with E-state index in [4.69, 9.17) is 15.1 Å². The lowest BCUT2D eigenvalue weighted by Gasteiger charge is -2.32. The van der Waals surface area contributed by atoms with Crippen molar-refractivity contribution in [1.29, 1.82) is 0 Å². The predicted molar refractivity (Wildman–Crippen MR) is 118 cm³/mol. The minimum atomic E-state index is -3.79. The minimum Gasteiger partial charge on any atom is -0.438 e. The van der Waals surface area contributed by atoms with Crippen molar-refractivity contribution in [2.75, 3.05) is 26.2 Å². The first-order chi connectivity index (χ1) is 14.9. The van der Waals surface area contributed by atoms with Gasteiger partial charge in [-0.3, -0.25) is 9.69 Å². The number of benzene rings is 1. The second kappa shape index (κ2) is 8.91. The number of thiazole rings is 1. The van der Waals surface area contributed by atoms with Gasteiger partial charge in [0.2, 0.25) is 5.09 Å². The Hall–Kier alpha value is -2.53. The summed E-state index contributed by atoms with van der Waals surface area (Å²) in [7, 11) is -3.79. The van der Waals surface area contributed by atoms with Crippen molar-refractivity contribution in [2.45, 2.75) is 25.0 Å². The first-order valence-corrected chi connectivity index (χ1v) is 12.3. The van der Waals surface area contributed by atoms with Crippen molar-refractivity contribution in [3.63, 3.8) is 0 Å². The first kappa shape index (κ1) is 21.7. The van der Waals surface area contributed by atoms with E-state index in [0.29, 0.717) is 32.7 Å². The van der Waals surface area contributed by atoms with Crippen LogP contribution in [-0.2, 0) is 23.0 Å².